The molecule has 0 aliphatic carbocycles. The van der Waals surface area contributed by atoms with Crippen molar-refractivity contribution in [1.29, 1.82) is 0 Å². The number of anilines is 1. The van der Waals surface area contributed by atoms with Gasteiger partial charge in [-0.3, -0.25) is 0 Å². The number of thioether (sulfide) groups is 1. The fourth-order valence-electron chi connectivity index (χ4n) is 0.629. The minimum atomic E-state index is 0.462. The first-order valence-electron chi connectivity index (χ1n) is 3.50. The van der Waals surface area contributed by atoms with Crippen LogP contribution < -0.4 is 5.73 Å². The number of rotatable bonds is 3. The lowest BCUT2D eigenvalue weighted by Gasteiger charge is -1.99. The third-order valence-corrected chi connectivity index (χ3v) is 2.19. The van der Waals surface area contributed by atoms with Crippen molar-refractivity contribution in [3.63, 3.8) is 0 Å². The molecule has 62 valence electrons. The summed E-state index contributed by atoms with van der Waals surface area (Å²) in [5.41, 5.74) is 5.37. The predicted octanol–water partition coefficient (Wildman–Crippen LogP) is 1.90. The SMILES string of the molecule is CC(C)SCc1nc(N)co1. The van der Waals surface area contributed by atoms with Crippen LogP contribution in [0.15, 0.2) is 10.7 Å². The summed E-state index contributed by atoms with van der Waals surface area (Å²) in [4.78, 5) is 3.97. The maximum absolute atomic E-state index is 5.37. The lowest BCUT2D eigenvalue weighted by Crippen LogP contribution is -1.89. The molecule has 0 atom stereocenters. The van der Waals surface area contributed by atoms with E-state index in [1.54, 1.807) is 11.8 Å². The van der Waals surface area contributed by atoms with Gasteiger partial charge in [-0.15, -0.1) is 11.8 Å². The largest absolute Gasteiger partial charge is 0.446 e. The fourth-order valence-corrected chi connectivity index (χ4v) is 1.24. The highest BCUT2D eigenvalue weighted by Crippen LogP contribution is 2.16. The zero-order valence-corrected chi connectivity index (χ0v) is 7.52. The van der Waals surface area contributed by atoms with Gasteiger partial charge in [-0.2, -0.15) is 4.98 Å². The van der Waals surface area contributed by atoms with Gasteiger partial charge in [0.2, 0.25) is 5.89 Å². The minimum absolute atomic E-state index is 0.462. The summed E-state index contributed by atoms with van der Waals surface area (Å²) < 4.78 is 5.06. The second-order valence-corrected chi connectivity index (χ2v) is 4.09. The van der Waals surface area contributed by atoms with Crippen LogP contribution in [0.2, 0.25) is 0 Å². The predicted molar refractivity (Wildman–Crippen MR) is 47.3 cm³/mol. The van der Waals surface area contributed by atoms with Gasteiger partial charge in [-0.1, -0.05) is 13.8 Å². The molecule has 0 spiro atoms. The van der Waals surface area contributed by atoms with Crippen molar-refractivity contribution < 1.29 is 4.42 Å². The van der Waals surface area contributed by atoms with Gasteiger partial charge in [0.15, 0.2) is 5.82 Å². The first-order valence-corrected chi connectivity index (χ1v) is 4.55. The van der Waals surface area contributed by atoms with Gasteiger partial charge < -0.3 is 10.2 Å². The van der Waals surface area contributed by atoms with Crippen LogP contribution in [0.1, 0.15) is 19.7 Å². The maximum atomic E-state index is 5.37. The quantitative estimate of drug-likeness (QED) is 0.756. The molecule has 0 unspecified atom stereocenters. The summed E-state index contributed by atoms with van der Waals surface area (Å²) >= 11 is 1.79. The fraction of sp³-hybridized carbons (Fsp3) is 0.571. The van der Waals surface area contributed by atoms with E-state index in [2.05, 4.69) is 18.8 Å². The van der Waals surface area contributed by atoms with Crippen LogP contribution in [0.5, 0.6) is 0 Å². The summed E-state index contributed by atoms with van der Waals surface area (Å²) in [5.74, 6) is 1.97. The molecule has 0 fully saturated rings. The van der Waals surface area contributed by atoms with Crippen molar-refractivity contribution in [2.24, 2.45) is 0 Å². The first kappa shape index (κ1) is 8.46. The highest BCUT2D eigenvalue weighted by molar-refractivity contribution is 7.99. The van der Waals surface area contributed by atoms with Crippen LogP contribution in [-0.2, 0) is 5.75 Å². The molecule has 0 bridgehead atoms. The first-order chi connectivity index (χ1) is 5.18. The molecule has 11 heavy (non-hydrogen) atoms. The molecule has 2 N–H and O–H groups in total. The topological polar surface area (TPSA) is 52.0 Å². The van der Waals surface area contributed by atoms with E-state index in [4.69, 9.17) is 10.2 Å². The smallest absolute Gasteiger partial charge is 0.206 e. The van der Waals surface area contributed by atoms with Gasteiger partial charge in [-0.05, 0) is 5.25 Å². The molecular formula is C7H12N2OS. The Kier molecular flexibility index (Phi) is 2.82. The third-order valence-electron chi connectivity index (χ3n) is 1.11. The number of hydrogen-bond donors (Lipinski definition) is 1. The van der Waals surface area contributed by atoms with Crippen LogP contribution >= 0.6 is 11.8 Å². The second kappa shape index (κ2) is 3.67. The number of aromatic nitrogens is 1. The molecule has 4 heteroatoms. The van der Waals surface area contributed by atoms with Gasteiger partial charge in [0, 0.05) is 0 Å². The molecule has 1 rings (SSSR count). The Labute approximate surface area is 70.4 Å². The molecule has 0 aliphatic rings. The van der Waals surface area contributed by atoms with Gasteiger partial charge in [0.05, 0.1) is 5.75 Å². The molecule has 0 radical (unpaired) electrons. The van der Waals surface area contributed by atoms with Crippen LogP contribution in [0.4, 0.5) is 5.82 Å². The van der Waals surface area contributed by atoms with E-state index in [9.17, 15) is 0 Å². The highest BCUT2D eigenvalue weighted by atomic mass is 32.2. The van der Waals surface area contributed by atoms with Crippen LogP contribution in [-0.4, -0.2) is 10.2 Å². The van der Waals surface area contributed by atoms with Crippen molar-refractivity contribution in [2.45, 2.75) is 24.9 Å². The van der Waals surface area contributed by atoms with E-state index < -0.39 is 0 Å². The number of nitrogens with zero attached hydrogens (tertiary/aromatic N) is 1. The molecule has 1 aromatic rings. The lowest BCUT2D eigenvalue weighted by atomic mass is 10.6. The van der Waals surface area contributed by atoms with Gasteiger partial charge >= 0.3 is 0 Å². The zero-order valence-electron chi connectivity index (χ0n) is 6.70. The molecule has 0 amide bonds. The molecule has 0 saturated carbocycles. The van der Waals surface area contributed by atoms with Crippen LogP contribution in [0.3, 0.4) is 0 Å². The van der Waals surface area contributed by atoms with E-state index in [1.165, 1.54) is 6.26 Å². The Hall–Kier alpha value is -0.640. The molecule has 0 saturated heterocycles. The summed E-state index contributed by atoms with van der Waals surface area (Å²) in [6.07, 6.45) is 1.47. The number of nitrogens with two attached hydrogens (primary N) is 1. The zero-order chi connectivity index (χ0) is 8.27. The lowest BCUT2D eigenvalue weighted by molar-refractivity contribution is 0.517. The van der Waals surface area contributed by atoms with E-state index in [-0.39, 0.29) is 0 Å². The Morgan fingerprint density at radius 3 is 2.91 bits per heavy atom. The molecular weight excluding hydrogens is 160 g/mol. The average Bonchev–Trinajstić information content (AvgIpc) is 2.31. The van der Waals surface area contributed by atoms with E-state index in [1.807, 2.05) is 0 Å². The summed E-state index contributed by atoms with van der Waals surface area (Å²) in [5, 5.41) is 0.600. The number of oxazole rings is 1. The second-order valence-electron chi connectivity index (χ2n) is 2.53. The Balaban J connectivity index is 2.39. The summed E-state index contributed by atoms with van der Waals surface area (Å²) in [6, 6.07) is 0. The van der Waals surface area contributed by atoms with Crippen molar-refractivity contribution in [3.05, 3.63) is 12.2 Å². The van der Waals surface area contributed by atoms with Gasteiger partial charge in [-0.25, -0.2) is 0 Å². The van der Waals surface area contributed by atoms with Crippen molar-refractivity contribution in [2.75, 3.05) is 5.73 Å². The minimum Gasteiger partial charge on any atom is -0.446 e. The monoisotopic (exact) mass is 172 g/mol. The number of hydrogen-bond acceptors (Lipinski definition) is 4. The van der Waals surface area contributed by atoms with Crippen LogP contribution in [0.25, 0.3) is 0 Å². The highest BCUT2D eigenvalue weighted by Gasteiger charge is 2.01. The maximum Gasteiger partial charge on any atom is 0.206 e. The van der Waals surface area contributed by atoms with Gasteiger partial charge in [0.1, 0.15) is 6.26 Å². The molecule has 1 aromatic heterocycles. The normalized spacial score (nSPS) is 10.8. The van der Waals surface area contributed by atoms with Crippen molar-refractivity contribution in [1.82, 2.24) is 4.98 Å². The Bertz CT molecular complexity index is 222. The summed E-state index contributed by atoms with van der Waals surface area (Å²) in [6.45, 7) is 4.27. The van der Waals surface area contributed by atoms with E-state index >= 15 is 0 Å². The van der Waals surface area contributed by atoms with Crippen molar-refractivity contribution in [3.8, 4) is 0 Å². The van der Waals surface area contributed by atoms with Crippen molar-refractivity contribution >= 4 is 17.6 Å². The Morgan fingerprint density at radius 1 is 1.73 bits per heavy atom. The summed E-state index contributed by atoms with van der Waals surface area (Å²) in [7, 11) is 0. The van der Waals surface area contributed by atoms with E-state index in [0.29, 0.717) is 17.0 Å². The third kappa shape index (κ3) is 2.84. The van der Waals surface area contributed by atoms with E-state index in [0.717, 1.165) is 5.75 Å². The van der Waals surface area contributed by atoms with Gasteiger partial charge in [0.25, 0.3) is 0 Å². The molecule has 0 aliphatic heterocycles. The Morgan fingerprint density at radius 2 is 2.45 bits per heavy atom. The number of nitrogen functional groups attached to an aromatic ring is 1. The molecule has 1 heterocycles. The molecule has 3 nitrogen and oxygen atoms in total. The standard InChI is InChI=1S/C7H12N2OS/c1-5(2)11-4-7-9-6(8)3-10-7/h3,5H,4,8H2,1-2H3. The average molecular weight is 172 g/mol. The molecule has 0 aromatic carbocycles. The van der Waals surface area contributed by atoms with Crippen LogP contribution in [0, 0.1) is 0 Å².